The molecule has 1 N–H and O–H groups in total. The number of carbonyl (C=O) groups excluding carboxylic acids is 1. The normalized spacial score (nSPS) is 11.0. The molecule has 0 fully saturated rings. The lowest BCUT2D eigenvalue weighted by atomic mass is 10.2. The van der Waals surface area contributed by atoms with Crippen LogP contribution in [0.5, 0.6) is 0 Å². The highest BCUT2D eigenvalue weighted by molar-refractivity contribution is 7.15. The number of para-hydroxylation sites is 1. The van der Waals surface area contributed by atoms with Crippen LogP contribution in [0.25, 0.3) is 16.2 Å². The van der Waals surface area contributed by atoms with Gasteiger partial charge in [-0.3, -0.25) is 4.40 Å². The molecule has 2 amide bonds. The van der Waals surface area contributed by atoms with Crippen LogP contribution >= 0.6 is 11.3 Å². The zero-order valence-corrected chi connectivity index (χ0v) is 18.6. The van der Waals surface area contributed by atoms with Crippen LogP contribution < -0.4 is 5.32 Å². The molecule has 0 saturated carbocycles. The maximum Gasteiger partial charge on any atom is 0.321 e. The quantitative estimate of drug-likeness (QED) is 0.420. The minimum Gasteiger partial charge on any atom is -0.383 e. The number of amides is 2. The van der Waals surface area contributed by atoms with E-state index in [4.69, 9.17) is 9.72 Å². The molecule has 31 heavy (non-hydrogen) atoms. The Labute approximate surface area is 186 Å². The van der Waals surface area contributed by atoms with Gasteiger partial charge < -0.3 is 15.0 Å². The van der Waals surface area contributed by atoms with Crippen LogP contribution in [-0.4, -0.2) is 47.1 Å². The number of rotatable bonds is 8. The van der Waals surface area contributed by atoms with Crippen molar-refractivity contribution in [1.29, 1.82) is 0 Å². The number of aryl methyl sites for hydroxylation is 1. The number of imidazole rings is 1. The molecule has 2 aromatic carbocycles. The van der Waals surface area contributed by atoms with Crippen LogP contribution in [0.3, 0.4) is 0 Å². The predicted octanol–water partition coefficient (Wildman–Crippen LogP) is 5.09. The Morgan fingerprint density at radius 3 is 2.68 bits per heavy atom. The lowest BCUT2D eigenvalue weighted by Gasteiger charge is -2.23. The number of benzene rings is 2. The Bertz CT molecular complexity index is 1150. The minimum absolute atomic E-state index is 0.117. The first-order valence-corrected chi connectivity index (χ1v) is 11.1. The molecule has 160 valence electrons. The maximum absolute atomic E-state index is 12.9. The molecule has 0 aliphatic carbocycles. The number of carbonyl (C=O) groups is 1. The Hall–Kier alpha value is -3.16. The van der Waals surface area contributed by atoms with E-state index >= 15 is 0 Å². The number of aromatic nitrogens is 2. The highest BCUT2D eigenvalue weighted by atomic mass is 32.1. The van der Waals surface area contributed by atoms with Crippen molar-refractivity contribution in [2.75, 3.05) is 32.1 Å². The van der Waals surface area contributed by atoms with Crippen LogP contribution in [0.1, 0.15) is 11.3 Å². The van der Waals surface area contributed by atoms with Crippen molar-refractivity contribution in [2.45, 2.75) is 13.3 Å². The molecule has 2 heterocycles. The molecule has 0 bridgehead atoms. The number of hydrogen-bond donors (Lipinski definition) is 1. The molecule has 0 aliphatic heterocycles. The topological polar surface area (TPSA) is 58.9 Å². The second kappa shape index (κ2) is 9.76. The molecular weight excluding hydrogens is 408 g/mol. The summed E-state index contributed by atoms with van der Waals surface area (Å²) >= 11 is 1.62. The summed E-state index contributed by atoms with van der Waals surface area (Å²) < 4.78 is 7.35. The summed E-state index contributed by atoms with van der Waals surface area (Å²) in [5.74, 6) is 0. The van der Waals surface area contributed by atoms with Gasteiger partial charge in [-0.1, -0.05) is 48.5 Å². The van der Waals surface area contributed by atoms with E-state index in [0.717, 1.165) is 39.6 Å². The molecule has 0 unspecified atom stereocenters. The van der Waals surface area contributed by atoms with E-state index in [1.54, 1.807) is 23.3 Å². The van der Waals surface area contributed by atoms with Gasteiger partial charge in [0.1, 0.15) is 0 Å². The van der Waals surface area contributed by atoms with E-state index in [1.807, 2.05) is 49.4 Å². The average Bonchev–Trinajstić information content (AvgIpc) is 3.37. The summed E-state index contributed by atoms with van der Waals surface area (Å²) in [5.41, 5.74) is 5.07. The van der Waals surface area contributed by atoms with Crippen molar-refractivity contribution >= 4 is 28.0 Å². The van der Waals surface area contributed by atoms with Crippen molar-refractivity contribution < 1.29 is 9.53 Å². The molecule has 2 aromatic heterocycles. The molecule has 6 nitrogen and oxygen atoms in total. The third-order valence-electron chi connectivity index (χ3n) is 5.23. The number of nitrogens with zero attached hydrogens (tertiary/aromatic N) is 3. The van der Waals surface area contributed by atoms with Crippen molar-refractivity contribution in [2.24, 2.45) is 0 Å². The minimum atomic E-state index is -0.117. The van der Waals surface area contributed by atoms with Gasteiger partial charge in [0.15, 0.2) is 4.96 Å². The van der Waals surface area contributed by atoms with E-state index < -0.39 is 0 Å². The fourth-order valence-electron chi connectivity index (χ4n) is 3.43. The van der Waals surface area contributed by atoms with Gasteiger partial charge in [-0.05, 0) is 18.6 Å². The predicted molar refractivity (Wildman–Crippen MR) is 126 cm³/mol. The summed E-state index contributed by atoms with van der Waals surface area (Å²) in [7, 11) is 1.65. The van der Waals surface area contributed by atoms with Gasteiger partial charge in [0, 0.05) is 55.1 Å². The van der Waals surface area contributed by atoms with E-state index in [0.29, 0.717) is 19.7 Å². The van der Waals surface area contributed by atoms with E-state index in [2.05, 4.69) is 33.4 Å². The van der Waals surface area contributed by atoms with Crippen molar-refractivity contribution in [3.05, 3.63) is 77.4 Å². The Morgan fingerprint density at radius 2 is 1.90 bits per heavy atom. The highest BCUT2D eigenvalue weighted by Crippen LogP contribution is 2.24. The van der Waals surface area contributed by atoms with Crippen molar-refractivity contribution in [3.8, 4) is 11.3 Å². The smallest absolute Gasteiger partial charge is 0.321 e. The van der Waals surface area contributed by atoms with E-state index in [9.17, 15) is 4.79 Å². The first-order valence-electron chi connectivity index (χ1n) is 10.3. The summed E-state index contributed by atoms with van der Waals surface area (Å²) in [6, 6.07) is 17.8. The number of anilines is 1. The molecule has 0 aliphatic rings. The van der Waals surface area contributed by atoms with Crippen molar-refractivity contribution in [3.63, 3.8) is 0 Å². The van der Waals surface area contributed by atoms with Crippen LogP contribution in [-0.2, 0) is 11.2 Å². The molecule has 4 rings (SSSR count). The number of fused-ring (bicyclic) bond motifs is 1. The van der Waals surface area contributed by atoms with E-state index in [-0.39, 0.29) is 6.03 Å². The first kappa shape index (κ1) is 21.1. The molecule has 4 aromatic rings. The standard InChI is InChI=1S/C24H26N4O2S/c1-18-8-6-7-11-21(18)25-23(29)27(14-15-30-2)13-12-20-17-31-24-26-22(16-28(20)24)19-9-4-3-5-10-19/h3-11,16-17H,12-15H2,1-2H3,(H,25,29). The zero-order valence-electron chi connectivity index (χ0n) is 17.7. The largest absolute Gasteiger partial charge is 0.383 e. The molecule has 7 heteroatoms. The van der Waals surface area contributed by atoms with Crippen LogP contribution in [0, 0.1) is 6.92 Å². The van der Waals surface area contributed by atoms with Crippen LogP contribution in [0.2, 0.25) is 0 Å². The first-order chi connectivity index (χ1) is 15.2. The second-order valence-electron chi connectivity index (χ2n) is 7.35. The molecule has 0 atom stereocenters. The lowest BCUT2D eigenvalue weighted by Crippen LogP contribution is -2.39. The van der Waals surface area contributed by atoms with Gasteiger partial charge in [0.25, 0.3) is 0 Å². The van der Waals surface area contributed by atoms with E-state index in [1.165, 1.54) is 0 Å². The van der Waals surface area contributed by atoms with Gasteiger partial charge in [0.05, 0.1) is 12.3 Å². The molecule has 0 radical (unpaired) electrons. The third-order valence-corrected chi connectivity index (χ3v) is 6.12. The number of urea groups is 1. The summed E-state index contributed by atoms with van der Waals surface area (Å²) in [5, 5.41) is 5.14. The number of ether oxygens (including phenoxy) is 1. The van der Waals surface area contributed by atoms with Crippen molar-refractivity contribution in [1.82, 2.24) is 14.3 Å². The molecule has 0 spiro atoms. The third kappa shape index (κ3) is 4.95. The maximum atomic E-state index is 12.9. The number of methoxy groups -OCH3 is 1. The van der Waals surface area contributed by atoms with Crippen LogP contribution in [0.15, 0.2) is 66.2 Å². The SMILES string of the molecule is COCCN(CCc1csc2nc(-c3ccccc3)cn12)C(=O)Nc1ccccc1C. The molecule has 0 saturated heterocycles. The average molecular weight is 435 g/mol. The van der Waals surface area contributed by atoms with Crippen LogP contribution in [0.4, 0.5) is 10.5 Å². The lowest BCUT2D eigenvalue weighted by molar-refractivity contribution is 0.155. The van der Waals surface area contributed by atoms with Gasteiger partial charge in [-0.2, -0.15) is 0 Å². The fourth-order valence-corrected chi connectivity index (χ4v) is 4.34. The Balaban J connectivity index is 1.48. The number of nitrogens with one attached hydrogen (secondary N) is 1. The zero-order chi connectivity index (χ0) is 21.6. The highest BCUT2D eigenvalue weighted by Gasteiger charge is 2.16. The fraction of sp³-hybridized carbons (Fsp3) is 0.250. The monoisotopic (exact) mass is 434 g/mol. The van der Waals surface area contributed by atoms with Gasteiger partial charge in [0.2, 0.25) is 0 Å². The second-order valence-corrected chi connectivity index (χ2v) is 8.18. The van der Waals surface area contributed by atoms with Gasteiger partial charge in [-0.15, -0.1) is 11.3 Å². The Morgan fingerprint density at radius 1 is 1.13 bits per heavy atom. The number of hydrogen-bond acceptors (Lipinski definition) is 4. The summed E-state index contributed by atoms with van der Waals surface area (Å²) in [4.78, 5) is 20.4. The van der Waals surface area contributed by atoms with Gasteiger partial charge in [-0.25, -0.2) is 9.78 Å². The Kier molecular flexibility index (Phi) is 6.64. The molecular formula is C24H26N4O2S. The summed E-state index contributed by atoms with van der Waals surface area (Å²) in [6.45, 7) is 3.59. The number of thiazole rings is 1. The van der Waals surface area contributed by atoms with Gasteiger partial charge >= 0.3 is 6.03 Å². The summed E-state index contributed by atoms with van der Waals surface area (Å²) in [6.07, 6.45) is 2.80.